The van der Waals surface area contributed by atoms with Crippen LogP contribution in [0.1, 0.15) is 56.1 Å². The lowest BCUT2D eigenvalue weighted by Crippen LogP contribution is -2.43. The Kier molecular flexibility index (Phi) is 7.09. The molecule has 0 spiro atoms. The molecule has 5 nitrogen and oxygen atoms in total. The Morgan fingerprint density at radius 1 is 1.12 bits per heavy atom. The Balaban J connectivity index is 1.62. The Morgan fingerprint density at radius 3 is 2.62 bits per heavy atom. The number of amides is 3. The molecule has 24 heavy (non-hydrogen) atoms. The van der Waals surface area contributed by atoms with E-state index in [2.05, 4.69) is 16.0 Å². The van der Waals surface area contributed by atoms with E-state index >= 15 is 0 Å². The summed E-state index contributed by atoms with van der Waals surface area (Å²) in [6, 6.07) is 6.20. The Hall–Kier alpha value is -2.04. The quantitative estimate of drug-likeness (QED) is 0.696. The van der Waals surface area contributed by atoms with Crippen LogP contribution in [0, 0.1) is 13.8 Å². The number of benzene rings is 1. The van der Waals surface area contributed by atoms with Crippen LogP contribution in [0.5, 0.6) is 0 Å². The molecule has 0 saturated heterocycles. The van der Waals surface area contributed by atoms with Crippen LogP contribution >= 0.6 is 0 Å². The van der Waals surface area contributed by atoms with Gasteiger partial charge in [-0.3, -0.25) is 4.79 Å². The first-order valence-electron chi connectivity index (χ1n) is 8.96. The van der Waals surface area contributed by atoms with Gasteiger partial charge in [0.05, 0.1) is 0 Å². The van der Waals surface area contributed by atoms with Gasteiger partial charge in [0.25, 0.3) is 0 Å². The first-order chi connectivity index (χ1) is 11.5. The number of aryl methyl sites for hydroxylation is 2. The third-order valence-electron chi connectivity index (χ3n) is 4.47. The SMILES string of the molecule is Cc1ccc(C)c(NC(=O)CCCNC(=O)NC2CCCCC2)c1. The van der Waals surface area contributed by atoms with Crippen LogP contribution in [0.15, 0.2) is 18.2 Å². The molecule has 1 aliphatic carbocycles. The Morgan fingerprint density at radius 2 is 1.88 bits per heavy atom. The standard InChI is InChI=1S/C19H29N3O2/c1-14-10-11-15(2)17(13-14)22-18(23)9-6-12-20-19(24)21-16-7-4-3-5-8-16/h10-11,13,16H,3-9,12H2,1-2H3,(H,22,23)(H2,20,21,24). The number of carbonyl (C=O) groups is 2. The second-order valence-electron chi connectivity index (χ2n) is 6.71. The number of rotatable bonds is 6. The fourth-order valence-electron chi connectivity index (χ4n) is 3.02. The minimum atomic E-state index is -0.114. The van der Waals surface area contributed by atoms with Crippen LogP contribution in [-0.4, -0.2) is 24.5 Å². The monoisotopic (exact) mass is 331 g/mol. The van der Waals surface area contributed by atoms with Crippen molar-refractivity contribution in [2.24, 2.45) is 0 Å². The van der Waals surface area contributed by atoms with Crippen LogP contribution in [0.2, 0.25) is 0 Å². The van der Waals surface area contributed by atoms with Gasteiger partial charge in [-0.05, 0) is 50.3 Å². The summed E-state index contributed by atoms with van der Waals surface area (Å²) in [5, 5.41) is 8.79. The topological polar surface area (TPSA) is 70.2 Å². The van der Waals surface area contributed by atoms with Crippen LogP contribution in [0.3, 0.4) is 0 Å². The van der Waals surface area contributed by atoms with E-state index in [4.69, 9.17) is 0 Å². The van der Waals surface area contributed by atoms with Gasteiger partial charge in [-0.2, -0.15) is 0 Å². The molecular formula is C19H29N3O2. The Labute approximate surface area is 144 Å². The van der Waals surface area contributed by atoms with E-state index in [9.17, 15) is 9.59 Å². The molecule has 3 N–H and O–H groups in total. The van der Waals surface area contributed by atoms with Crippen molar-refractivity contribution in [3.8, 4) is 0 Å². The smallest absolute Gasteiger partial charge is 0.315 e. The summed E-state index contributed by atoms with van der Waals surface area (Å²) in [7, 11) is 0. The van der Waals surface area contributed by atoms with Gasteiger partial charge < -0.3 is 16.0 Å². The maximum atomic E-state index is 12.0. The van der Waals surface area contributed by atoms with Gasteiger partial charge in [0, 0.05) is 24.7 Å². The lowest BCUT2D eigenvalue weighted by molar-refractivity contribution is -0.116. The second kappa shape index (κ2) is 9.30. The summed E-state index contributed by atoms with van der Waals surface area (Å²) in [5.74, 6) is -0.0156. The molecule has 0 bridgehead atoms. The molecule has 2 rings (SSSR count). The van der Waals surface area contributed by atoms with E-state index in [1.54, 1.807) is 0 Å². The summed E-state index contributed by atoms with van der Waals surface area (Å²) in [6.07, 6.45) is 6.85. The molecule has 132 valence electrons. The maximum Gasteiger partial charge on any atom is 0.315 e. The van der Waals surface area contributed by atoms with Crippen LogP contribution in [0.25, 0.3) is 0 Å². The van der Waals surface area contributed by atoms with Crippen LogP contribution in [-0.2, 0) is 4.79 Å². The van der Waals surface area contributed by atoms with Gasteiger partial charge in [0.1, 0.15) is 0 Å². The lowest BCUT2D eigenvalue weighted by atomic mass is 9.96. The zero-order chi connectivity index (χ0) is 17.4. The van der Waals surface area contributed by atoms with Gasteiger partial charge in [-0.25, -0.2) is 4.79 Å². The van der Waals surface area contributed by atoms with Crippen LogP contribution in [0.4, 0.5) is 10.5 Å². The fourth-order valence-corrected chi connectivity index (χ4v) is 3.02. The molecule has 3 amide bonds. The number of hydrogen-bond donors (Lipinski definition) is 3. The second-order valence-corrected chi connectivity index (χ2v) is 6.71. The number of hydrogen-bond acceptors (Lipinski definition) is 2. The molecule has 0 aromatic heterocycles. The number of nitrogens with one attached hydrogen (secondary N) is 3. The number of urea groups is 1. The molecule has 1 aromatic carbocycles. The number of carbonyl (C=O) groups excluding carboxylic acids is 2. The van der Waals surface area contributed by atoms with Crippen molar-refractivity contribution in [1.29, 1.82) is 0 Å². The molecule has 0 atom stereocenters. The first kappa shape index (κ1) is 18.3. The van der Waals surface area contributed by atoms with E-state index in [1.807, 2.05) is 32.0 Å². The maximum absolute atomic E-state index is 12.0. The summed E-state index contributed by atoms with van der Waals surface area (Å²) in [5.41, 5.74) is 3.04. The van der Waals surface area contributed by atoms with Gasteiger partial charge in [-0.15, -0.1) is 0 Å². The van der Waals surface area contributed by atoms with Crippen molar-refractivity contribution in [2.75, 3.05) is 11.9 Å². The highest BCUT2D eigenvalue weighted by atomic mass is 16.2. The summed E-state index contributed by atoms with van der Waals surface area (Å²) < 4.78 is 0. The van der Waals surface area contributed by atoms with Gasteiger partial charge in [-0.1, -0.05) is 31.4 Å². The predicted octanol–water partition coefficient (Wildman–Crippen LogP) is 3.65. The van der Waals surface area contributed by atoms with Crippen LogP contribution < -0.4 is 16.0 Å². The van der Waals surface area contributed by atoms with Gasteiger partial charge >= 0.3 is 6.03 Å². The first-order valence-corrected chi connectivity index (χ1v) is 8.96. The highest BCUT2D eigenvalue weighted by Gasteiger charge is 2.15. The predicted molar refractivity (Wildman–Crippen MR) is 97.2 cm³/mol. The molecule has 0 heterocycles. The van der Waals surface area contributed by atoms with E-state index in [-0.39, 0.29) is 11.9 Å². The van der Waals surface area contributed by atoms with E-state index in [1.165, 1.54) is 19.3 Å². The molecule has 1 saturated carbocycles. The van der Waals surface area contributed by atoms with Crippen molar-refractivity contribution in [1.82, 2.24) is 10.6 Å². The normalized spacial score (nSPS) is 14.9. The number of anilines is 1. The third-order valence-corrected chi connectivity index (χ3v) is 4.47. The van der Waals surface area contributed by atoms with Gasteiger partial charge in [0.15, 0.2) is 0 Å². The lowest BCUT2D eigenvalue weighted by Gasteiger charge is -2.22. The molecule has 1 fully saturated rings. The molecule has 1 aliphatic rings. The largest absolute Gasteiger partial charge is 0.338 e. The average Bonchev–Trinajstić information content (AvgIpc) is 2.56. The minimum Gasteiger partial charge on any atom is -0.338 e. The fraction of sp³-hybridized carbons (Fsp3) is 0.579. The minimum absolute atomic E-state index is 0.0156. The van der Waals surface area contributed by atoms with Crippen molar-refractivity contribution in [3.63, 3.8) is 0 Å². The van der Waals surface area contributed by atoms with E-state index in [0.29, 0.717) is 25.4 Å². The molecule has 0 radical (unpaired) electrons. The van der Waals surface area contributed by atoms with E-state index in [0.717, 1.165) is 29.7 Å². The molecule has 1 aromatic rings. The molecule has 5 heteroatoms. The van der Waals surface area contributed by atoms with Gasteiger partial charge in [0.2, 0.25) is 5.91 Å². The molecule has 0 unspecified atom stereocenters. The Bertz CT molecular complexity index is 566. The van der Waals surface area contributed by atoms with Crippen molar-refractivity contribution in [3.05, 3.63) is 29.3 Å². The average molecular weight is 331 g/mol. The highest BCUT2D eigenvalue weighted by Crippen LogP contribution is 2.17. The summed E-state index contributed by atoms with van der Waals surface area (Å²) in [6.45, 7) is 4.49. The summed E-state index contributed by atoms with van der Waals surface area (Å²) in [4.78, 5) is 23.8. The molecule has 0 aliphatic heterocycles. The third kappa shape index (κ3) is 6.22. The zero-order valence-electron chi connectivity index (χ0n) is 14.8. The van der Waals surface area contributed by atoms with Crippen molar-refractivity contribution >= 4 is 17.6 Å². The van der Waals surface area contributed by atoms with Crippen molar-refractivity contribution in [2.45, 2.75) is 64.8 Å². The van der Waals surface area contributed by atoms with E-state index < -0.39 is 0 Å². The summed E-state index contributed by atoms with van der Waals surface area (Å²) >= 11 is 0. The molecular weight excluding hydrogens is 302 g/mol. The highest BCUT2D eigenvalue weighted by molar-refractivity contribution is 5.91. The zero-order valence-corrected chi connectivity index (χ0v) is 14.8. The van der Waals surface area contributed by atoms with Crippen molar-refractivity contribution < 1.29 is 9.59 Å².